The quantitative estimate of drug-likeness (QED) is 0.538. The van der Waals surface area contributed by atoms with E-state index in [0.717, 1.165) is 5.56 Å². The third-order valence-electron chi connectivity index (χ3n) is 3.53. The van der Waals surface area contributed by atoms with Gasteiger partial charge in [0.2, 0.25) is 5.65 Å². The normalized spacial score (nSPS) is 11.2. The molecule has 0 atom stereocenters. The van der Waals surface area contributed by atoms with Crippen LogP contribution in [0.2, 0.25) is 0 Å². The Morgan fingerprint density at radius 3 is 2.48 bits per heavy atom. The molecule has 0 fully saturated rings. The predicted molar refractivity (Wildman–Crippen MR) is 81.4 cm³/mol. The second kappa shape index (κ2) is 5.01. The molecular formula is C16H15N3O2. The Kier molecular flexibility index (Phi) is 3.17. The number of aromatic nitrogens is 2. The molecule has 3 aromatic rings. The maximum atomic E-state index is 11.4. The third-order valence-corrected chi connectivity index (χ3v) is 3.53. The fraction of sp³-hybridized carbons (Fsp3) is 0.188. The van der Waals surface area contributed by atoms with Crippen LogP contribution in [0.25, 0.3) is 16.9 Å². The standard InChI is InChI=1S/C16H15N3O2/c1-11(2)12-6-8-13(9-7-12)15-16(19(20)21)18-10-4-3-5-14(18)17-15/h3-11H,1-2H3. The van der Waals surface area contributed by atoms with Crippen LogP contribution in [0, 0.1) is 10.1 Å². The molecule has 0 unspecified atom stereocenters. The van der Waals surface area contributed by atoms with Crippen LogP contribution in [-0.2, 0) is 0 Å². The van der Waals surface area contributed by atoms with Gasteiger partial charge in [0.25, 0.3) is 0 Å². The van der Waals surface area contributed by atoms with Crippen LogP contribution >= 0.6 is 0 Å². The summed E-state index contributed by atoms with van der Waals surface area (Å²) in [4.78, 5) is 15.4. The number of benzene rings is 1. The lowest BCUT2D eigenvalue weighted by atomic mass is 10.0. The van der Waals surface area contributed by atoms with Crippen molar-refractivity contribution in [1.82, 2.24) is 9.38 Å². The molecule has 0 amide bonds. The van der Waals surface area contributed by atoms with Gasteiger partial charge in [-0.05, 0) is 22.5 Å². The van der Waals surface area contributed by atoms with Crippen molar-refractivity contribution in [3.63, 3.8) is 0 Å². The first-order chi connectivity index (χ1) is 10.1. The van der Waals surface area contributed by atoms with Gasteiger partial charge in [0, 0.05) is 11.6 Å². The molecule has 0 saturated heterocycles. The van der Waals surface area contributed by atoms with Crippen LogP contribution in [0.5, 0.6) is 0 Å². The van der Waals surface area contributed by atoms with Gasteiger partial charge in [-0.1, -0.05) is 44.2 Å². The Morgan fingerprint density at radius 1 is 1.14 bits per heavy atom. The minimum absolute atomic E-state index is 0.00268. The minimum atomic E-state index is -0.383. The summed E-state index contributed by atoms with van der Waals surface area (Å²) in [6.45, 7) is 4.23. The Labute approximate surface area is 122 Å². The van der Waals surface area contributed by atoms with Crippen LogP contribution in [0.1, 0.15) is 25.3 Å². The molecule has 0 radical (unpaired) electrons. The fourth-order valence-corrected chi connectivity index (χ4v) is 2.38. The van der Waals surface area contributed by atoms with E-state index in [2.05, 4.69) is 18.8 Å². The highest BCUT2D eigenvalue weighted by atomic mass is 16.6. The lowest BCUT2D eigenvalue weighted by molar-refractivity contribution is -0.389. The highest BCUT2D eigenvalue weighted by molar-refractivity contribution is 5.72. The summed E-state index contributed by atoms with van der Waals surface area (Å²) in [6.07, 6.45) is 1.66. The van der Waals surface area contributed by atoms with Crippen molar-refractivity contribution < 1.29 is 4.92 Å². The smallest absolute Gasteiger partial charge is 0.355 e. The lowest BCUT2D eigenvalue weighted by Crippen LogP contribution is -1.95. The van der Waals surface area contributed by atoms with Crippen LogP contribution in [0.4, 0.5) is 5.82 Å². The van der Waals surface area contributed by atoms with Gasteiger partial charge in [-0.15, -0.1) is 0 Å². The highest BCUT2D eigenvalue weighted by Gasteiger charge is 2.23. The monoisotopic (exact) mass is 281 g/mol. The summed E-state index contributed by atoms with van der Waals surface area (Å²) < 4.78 is 1.51. The van der Waals surface area contributed by atoms with E-state index in [1.165, 1.54) is 9.96 Å². The molecule has 1 aromatic carbocycles. The van der Waals surface area contributed by atoms with E-state index < -0.39 is 0 Å². The molecule has 3 rings (SSSR count). The molecule has 2 aromatic heterocycles. The molecule has 5 nitrogen and oxygen atoms in total. The Bertz CT molecular complexity index is 804. The summed E-state index contributed by atoms with van der Waals surface area (Å²) in [5, 5.41) is 11.4. The largest absolute Gasteiger partial charge is 0.358 e. The van der Waals surface area contributed by atoms with Crippen LogP contribution < -0.4 is 0 Å². The van der Waals surface area contributed by atoms with Crippen molar-refractivity contribution in [2.24, 2.45) is 0 Å². The zero-order chi connectivity index (χ0) is 15.0. The number of nitrogens with zero attached hydrogens (tertiary/aromatic N) is 3. The van der Waals surface area contributed by atoms with Crippen molar-refractivity contribution in [2.75, 3.05) is 0 Å². The topological polar surface area (TPSA) is 60.4 Å². The summed E-state index contributed by atoms with van der Waals surface area (Å²) in [5.74, 6) is 0.429. The van der Waals surface area contributed by atoms with Crippen LogP contribution in [0.3, 0.4) is 0 Å². The van der Waals surface area contributed by atoms with E-state index in [9.17, 15) is 10.1 Å². The zero-order valence-electron chi connectivity index (χ0n) is 11.9. The molecule has 0 N–H and O–H groups in total. The van der Waals surface area contributed by atoms with Gasteiger partial charge in [-0.25, -0.2) is 0 Å². The van der Waals surface area contributed by atoms with Gasteiger partial charge in [-0.2, -0.15) is 9.38 Å². The number of imidazole rings is 1. The Balaban J connectivity index is 2.19. The number of pyridine rings is 1. The van der Waals surface area contributed by atoms with Gasteiger partial charge in [0.1, 0.15) is 0 Å². The van der Waals surface area contributed by atoms with Gasteiger partial charge >= 0.3 is 5.82 Å². The van der Waals surface area contributed by atoms with E-state index >= 15 is 0 Å². The number of nitro groups is 1. The number of fused-ring (bicyclic) bond motifs is 1. The average molecular weight is 281 g/mol. The van der Waals surface area contributed by atoms with Crippen LogP contribution in [0.15, 0.2) is 48.7 Å². The second-order valence-electron chi connectivity index (χ2n) is 5.25. The van der Waals surface area contributed by atoms with E-state index in [1.807, 2.05) is 30.3 Å². The van der Waals surface area contributed by atoms with Gasteiger partial charge < -0.3 is 10.1 Å². The van der Waals surface area contributed by atoms with E-state index in [4.69, 9.17) is 0 Å². The van der Waals surface area contributed by atoms with E-state index in [-0.39, 0.29) is 10.7 Å². The Hall–Kier alpha value is -2.69. The molecule has 0 aliphatic rings. The Morgan fingerprint density at radius 2 is 1.86 bits per heavy atom. The first-order valence-corrected chi connectivity index (χ1v) is 6.79. The van der Waals surface area contributed by atoms with Crippen molar-refractivity contribution in [1.29, 1.82) is 0 Å². The number of hydrogen-bond donors (Lipinski definition) is 0. The molecular weight excluding hydrogens is 266 g/mol. The van der Waals surface area contributed by atoms with Crippen LogP contribution in [-0.4, -0.2) is 14.3 Å². The number of hydrogen-bond acceptors (Lipinski definition) is 3. The molecule has 0 aliphatic carbocycles. The van der Waals surface area contributed by atoms with Crippen molar-refractivity contribution >= 4 is 11.5 Å². The first-order valence-electron chi connectivity index (χ1n) is 6.79. The van der Waals surface area contributed by atoms with Crippen molar-refractivity contribution in [2.45, 2.75) is 19.8 Å². The summed E-state index contributed by atoms with van der Waals surface area (Å²) in [6, 6.07) is 13.1. The minimum Gasteiger partial charge on any atom is -0.358 e. The third kappa shape index (κ3) is 2.27. The first kappa shape index (κ1) is 13.3. The van der Waals surface area contributed by atoms with Gasteiger partial charge in [0.15, 0.2) is 5.69 Å². The van der Waals surface area contributed by atoms with Crippen molar-refractivity contribution in [3.8, 4) is 11.3 Å². The summed E-state index contributed by atoms with van der Waals surface area (Å²) in [7, 11) is 0. The maximum Gasteiger partial charge on any atom is 0.355 e. The van der Waals surface area contributed by atoms with Gasteiger partial charge in [-0.3, -0.25) is 0 Å². The molecule has 0 bridgehead atoms. The maximum absolute atomic E-state index is 11.4. The molecule has 0 spiro atoms. The summed E-state index contributed by atoms with van der Waals surface area (Å²) >= 11 is 0. The average Bonchev–Trinajstić information content (AvgIpc) is 2.86. The van der Waals surface area contributed by atoms with Gasteiger partial charge in [0.05, 0.1) is 6.20 Å². The van der Waals surface area contributed by atoms with E-state index in [1.54, 1.807) is 18.3 Å². The summed E-state index contributed by atoms with van der Waals surface area (Å²) in [5.41, 5.74) is 2.94. The SMILES string of the molecule is CC(C)c1ccc(-c2nc3ccccn3c2[N+](=O)[O-])cc1. The fourth-order valence-electron chi connectivity index (χ4n) is 2.38. The predicted octanol–water partition coefficient (Wildman–Crippen LogP) is 4.03. The molecule has 21 heavy (non-hydrogen) atoms. The second-order valence-corrected chi connectivity index (χ2v) is 5.25. The highest BCUT2D eigenvalue weighted by Crippen LogP contribution is 2.31. The molecule has 5 heteroatoms. The molecule has 2 heterocycles. The molecule has 0 saturated carbocycles. The zero-order valence-corrected chi connectivity index (χ0v) is 11.9. The lowest BCUT2D eigenvalue weighted by Gasteiger charge is -2.05. The molecule has 0 aliphatic heterocycles. The van der Waals surface area contributed by atoms with Crippen molar-refractivity contribution in [3.05, 3.63) is 64.3 Å². The number of rotatable bonds is 3. The molecule has 106 valence electrons. The van der Waals surface area contributed by atoms with E-state index in [0.29, 0.717) is 17.3 Å².